The molecule has 0 aliphatic heterocycles. The van der Waals surface area contributed by atoms with Gasteiger partial charge < -0.3 is 0 Å². The van der Waals surface area contributed by atoms with Gasteiger partial charge in [0, 0.05) is 4.47 Å². The van der Waals surface area contributed by atoms with E-state index in [0.29, 0.717) is 0 Å². The fourth-order valence-corrected chi connectivity index (χ4v) is 2.56. The quantitative estimate of drug-likeness (QED) is 0.714. The van der Waals surface area contributed by atoms with Gasteiger partial charge in [-0.3, -0.25) is 0 Å². The summed E-state index contributed by atoms with van der Waals surface area (Å²) in [4.78, 5) is 0. The number of benzene rings is 2. The Morgan fingerprint density at radius 3 is 2.56 bits per heavy atom. The van der Waals surface area contributed by atoms with Crippen LogP contribution in [0.4, 0.5) is 0 Å². The molecule has 1 heteroatoms. The SMILES string of the molecule is Brc1ccc2c(c1)CC(c1ccccc1)=C2. The zero-order valence-electron chi connectivity index (χ0n) is 8.78. The van der Waals surface area contributed by atoms with Crippen molar-refractivity contribution >= 4 is 27.6 Å². The third kappa shape index (κ3) is 1.72. The fraction of sp³-hybridized carbons (Fsp3) is 0.0667. The van der Waals surface area contributed by atoms with Crippen molar-refractivity contribution in [3.05, 3.63) is 69.7 Å². The summed E-state index contributed by atoms with van der Waals surface area (Å²) < 4.78 is 1.16. The number of allylic oxidation sites excluding steroid dienone is 1. The van der Waals surface area contributed by atoms with Gasteiger partial charge in [-0.2, -0.15) is 0 Å². The molecule has 3 rings (SSSR count). The van der Waals surface area contributed by atoms with Gasteiger partial charge in [-0.1, -0.05) is 58.4 Å². The van der Waals surface area contributed by atoms with Crippen LogP contribution in [-0.4, -0.2) is 0 Å². The molecule has 1 aliphatic rings. The third-order valence-electron chi connectivity index (χ3n) is 2.96. The Morgan fingerprint density at radius 1 is 0.938 bits per heavy atom. The van der Waals surface area contributed by atoms with E-state index in [1.165, 1.54) is 22.3 Å². The molecule has 16 heavy (non-hydrogen) atoms. The molecule has 0 spiro atoms. The summed E-state index contributed by atoms with van der Waals surface area (Å²) in [6, 6.07) is 17.1. The van der Waals surface area contributed by atoms with Crippen LogP contribution in [0, 0.1) is 0 Å². The first-order chi connectivity index (χ1) is 7.83. The van der Waals surface area contributed by atoms with Crippen LogP contribution in [-0.2, 0) is 6.42 Å². The lowest BCUT2D eigenvalue weighted by atomic mass is 10.0. The molecule has 0 bridgehead atoms. The van der Waals surface area contributed by atoms with Crippen LogP contribution in [0.25, 0.3) is 11.6 Å². The van der Waals surface area contributed by atoms with Crippen molar-refractivity contribution in [3.8, 4) is 0 Å². The minimum atomic E-state index is 1.04. The Hall–Kier alpha value is -1.34. The second-order valence-corrected chi connectivity index (χ2v) is 4.97. The van der Waals surface area contributed by atoms with Crippen LogP contribution in [0.15, 0.2) is 53.0 Å². The molecular formula is C15H11Br. The smallest absolute Gasteiger partial charge is 0.0178 e. The maximum atomic E-state index is 3.52. The Bertz CT molecular complexity index is 553. The molecule has 0 fully saturated rings. The minimum absolute atomic E-state index is 1.04. The van der Waals surface area contributed by atoms with E-state index in [4.69, 9.17) is 0 Å². The molecule has 0 radical (unpaired) electrons. The van der Waals surface area contributed by atoms with E-state index in [-0.39, 0.29) is 0 Å². The first kappa shape index (κ1) is 9.86. The Labute approximate surface area is 104 Å². The molecule has 0 unspecified atom stereocenters. The second-order valence-electron chi connectivity index (χ2n) is 4.06. The van der Waals surface area contributed by atoms with Crippen molar-refractivity contribution in [1.29, 1.82) is 0 Å². The van der Waals surface area contributed by atoms with Gasteiger partial charge in [0.25, 0.3) is 0 Å². The van der Waals surface area contributed by atoms with E-state index in [2.05, 4.69) is 70.5 Å². The van der Waals surface area contributed by atoms with E-state index in [0.717, 1.165) is 10.9 Å². The molecule has 2 aromatic rings. The van der Waals surface area contributed by atoms with Crippen molar-refractivity contribution in [2.45, 2.75) is 6.42 Å². The molecule has 0 saturated carbocycles. The van der Waals surface area contributed by atoms with Gasteiger partial charge in [0.05, 0.1) is 0 Å². The predicted octanol–water partition coefficient (Wildman–Crippen LogP) is 4.55. The van der Waals surface area contributed by atoms with Gasteiger partial charge in [-0.15, -0.1) is 0 Å². The summed E-state index contributed by atoms with van der Waals surface area (Å²) in [5.41, 5.74) is 5.50. The average Bonchev–Trinajstić information content (AvgIpc) is 2.73. The predicted molar refractivity (Wildman–Crippen MR) is 72.2 cm³/mol. The normalized spacial score (nSPS) is 13.4. The standard InChI is InChI=1S/C15H11Br/c16-15-7-6-12-8-13(9-14(12)10-15)11-4-2-1-3-5-11/h1-8,10H,9H2. The zero-order chi connectivity index (χ0) is 11.0. The molecular weight excluding hydrogens is 260 g/mol. The van der Waals surface area contributed by atoms with Crippen LogP contribution in [0.3, 0.4) is 0 Å². The van der Waals surface area contributed by atoms with Gasteiger partial charge >= 0.3 is 0 Å². The highest BCUT2D eigenvalue weighted by molar-refractivity contribution is 9.10. The van der Waals surface area contributed by atoms with Gasteiger partial charge in [-0.25, -0.2) is 0 Å². The van der Waals surface area contributed by atoms with E-state index in [1.54, 1.807) is 0 Å². The summed E-state index contributed by atoms with van der Waals surface area (Å²) in [6.45, 7) is 0. The summed E-state index contributed by atoms with van der Waals surface area (Å²) in [5, 5.41) is 0. The van der Waals surface area contributed by atoms with Crippen LogP contribution in [0.2, 0.25) is 0 Å². The van der Waals surface area contributed by atoms with Crippen LogP contribution < -0.4 is 0 Å². The van der Waals surface area contributed by atoms with E-state index >= 15 is 0 Å². The zero-order valence-corrected chi connectivity index (χ0v) is 10.4. The summed E-state index contributed by atoms with van der Waals surface area (Å²) in [6.07, 6.45) is 3.33. The first-order valence-electron chi connectivity index (χ1n) is 5.37. The molecule has 0 nitrogen and oxygen atoms in total. The highest BCUT2D eigenvalue weighted by atomic mass is 79.9. The van der Waals surface area contributed by atoms with Crippen molar-refractivity contribution < 1.29 is 0 Å². The average molecular weight is 271 g/mol. The van der Waals surface area contributed by atoms with Gasteiger partial charge in [-0.05, 0) is 40.8 Å². The number of halogens is 1. The molecule has 78 valence electrons. The highest BCUT2D eigenvalue weighted by Gasteiger charge is 2.13. The van der Waals surface area contributed by atoms with Crippen LogP contribution in [0.5, 0.6) is 0 Å². The van der Waals surface area contributed by atoms with Crippen LogP contribution >= 0.6 is 15.9 Å². The first-order valence-corrected chi connectivity index (χ1v) is 6.17. The van der Waals surface area contributed by atoms with Gasteiger partial charge in [0.1, 0.15) is 0 Å². The second kappa shape index (κ2) is 3.91. The van der Waals surface area contributed by atoms with E-state index in [9.17, 15) is 0 Å². The molecule has 1 aliphatic carbocycles. The molecule has 2 aromatic carbocycles. The molecule has 0 N–H and O–H groups in total. The molecule has 0 atom stereocenters. The number of hydrogen-bond donors (Lipinski definition) is 0. The molecule has 0 heterocycles. The van der Waals surface area contributed by atoms with E-state index in [1.807, 2.05) is 0 Å². The number of fused-ring (bicyclic) bond motifs is 1. The molecule has 0 saturated heterocycles. The van der Waals surface area contributed by atoms with Gasteiger partial charge in [0.15, 0.2) is 0 Å². The Morgan fingerprint density at radius 2 is 1.75 bits per heavy atom. The van der Waals surface area contributed by atoms with Crippen molar-refractivity contribution in [2.75, 3.05) is 0 Å². The summed E-state index contributed by atoms with van der Waals surface area (Å²) in [5.74, 6) is 0. The Balaban J connectivity index is 2.00. The minimum Gasteiger partial charge on any atom is -0.0622 e. The summed E-state index contributed by atoms with van der Waals surface area (Å²) >= 11 is 3.52. The lowest BCUT2D eigenvalue weighted by Gasteiger charge is -2.01. The largest absolute Gasteiger partial charge is 0.0622 e. The lowest BCUT2D eigenvalue weighted by molar-refractivity contribution is 1.31. The maximum Gasteiger partial charge on any atom is 0.0178 e. The topological polar surface area (TPSA) is 0 Å². The van der Waals surface area contributed by atoms with Crippen molar-refractivity contribution in [2.24, 2.45) is 0 Å². The lowest BCUT2D eigenvalue weighted by Crippen LogP contribution is -1.85. The highest BCUT2D eigenvalue weighted by Crippen LogP contribution is 2.32. The van der Waals surface area contributed by atoms with Crippen molar-refractivity contribution in [1.82, 2.24) is 0 Å². The third-order valence-corrected chi connectivity index (χ3v) is 3.45. The molecule has 0 aromatic heterocycles. The Kier molecular flexibility index (Phi) is 2.41. The molecule has 0 amide bonds. The number of rotatable bonds is 1. The monoisotopic (exact) mass is 270 g/mol. The van der Waals surface area contributed by atoms with Crippen molar-refractivity contribution in [3.63, 3.8) is 0 Å². The maximum absolute atomic E-state index is 3.52. The van der Waals surface area contributed by atoms with E-state index < -0.39 is 0 Å². The van der Waals surface area contributed by atoms with Gasteiger partial charge in [0.2, 0.25) is 0 Å². The fourth-order valence-electron chi connectivity index (χ4n) is 2.15. The number of hydrogen-bond acceptors (Lipinski definition) is 0. The summed E-state index contributed by atoms with van der Waals surface area (Å²) in [7, 11) is 0. The van der Waals surface area contributed by atoms with Crippen LogP contribution in [0.1, 0.15) is 16.7 Å².